The molecule has 0 aromatic heterocycles. The topological polar surface area (TPSA) is 69.4 Å². The molecule has 0 aliphatic rings. The summed E-state index contributed by atoms with van der Waals surface area (Å²) < 4.78 is 29.8. The number of ether oxygens (including phenoxy) is 1. The Labute approximate surface area is 129 Å². The Balaban J connectivity index is 2.21. The average molecular weight is 326 g/mol. The number of benzene rings is 2. The van der Waals surface area contributed by atoms with Gasteiger partial charge in [0.25, 0.3) is 0 Å². The van der Waals surface area contributed by atoms with Crippen LogP contribution in [0, 0.1) is 0 Å². The molecule has 0 fully saturated rings. The lowest BCUT2D eigenvalue weighted by Crippen LogP contribution is -2.21. The van der Waals surface area contributed by atoms with Gasteiger partial charge in [0.15, 0.2) is 9.84 Å². The van der Waals surface area contributed by atoms with Crippen molar-refractivity contribution < 1.29 is 13.2 Å². The second-order valence-electron chi connectivity index (χ2n) is 4.62. The van der Waals surface area contributed by atoms with E-state index < -0.39 is 15.9 Å². The average Bonchev–Trinajstić information content (AvgIpc) is 2.47. The third-order valence-corrected chi connectivity index (χ3v) is 5.13. The van der Waals surface area contributed by atoms with Crippen LogP contribution in [-0.2, 0) is 9.84 Å². The summed E-state index contributed by atoms with van der Waals surface area (Å²) in [6.07, 6.45) is 0. The molecule has 2 aromatic carbocycles. The highest BCUT2D eigenvalue weighted by Crippen LogP contribution is 2.22. The molecule has 6 heteroatoms. The number of hydrogen-bond acceptors (Lipinski definition) is 4. The van der Waals surface area contributed by atoms with Gasteiger partial charge in [-0.25, -0.2) is 8.42 Å². The van der Waals surface area contributed by atoms with Crippen molar-refractivity contribution in [2.24, 2.45) is 5.73 Å². The van der Waals surface area contributed by atoms with Crippen LogP contribution in [0.15, 0.2) is 53.4 Å². The van der Waals surface area contributed by atoms with Crippen LogP contribution in [0.2, 0.25) is 5.02 Å². The highest BCUT2D eigenvalue weighted by atomic mass is 35.5. The highest BCUT2D eigenvalue weighted by molar-refractivity contribution is 7.91. The van der Waals surface area contributed by atoms with Crippen molar-refractivity contribution in [3.8, 4) is 5.75 Å². The predicted molar refractivity (Wildman–Crippen MR) is 83.4 cm³/mol. The summed E-state index contributed by atoms with van der Waals surface area (Å²) in [6, 6.07) is 12.5. The Morgan fingerprint density at radius 3 is 2.48 bits per heavy atom. The predicted octanol–water partition coefficient (Wildman–Crippen LogP) is 2.82. The summed E-state index contributed by atoms with van der Waals surface area (Å²) in [5.41, 5.74) is 6.73. The van der Waals surface area contributed by atoms with E-state index in [0.717, 1.165) is 0 Å². The normalized spacial score (nSPS) is 12.9. The molecule has 0 heterocycles. The van der Waals surface area contributed by atoms with Crippen LogP contribution in [0.25, 0.3) is 0 Å². The largest absolute Gasteiger partial charge is 0.497 e. The fourth-order valence-electron chi connectivity index (χ4n) is 1.94. The molecule has 2 N–H and O–H groups in total. The summed E-state index contributed by atoms with van der Waals surface area (Å²) >= 11 is 5.76. The van der Waals surface area contributed by atoms with Crippen molar-refractivity contribution in [3.63, 3.8) is 0 Å². The maximum atomic E-state index is 12.3. The lowest BCUT2D eigenvalue weighted by molar-refractivity contribution is 0.414. The van der Waals surface area contributed by atoms with Crippen LogP contribution >= 0.6 is 11.6 Å². The van der Waals surface area contributed by atoms with E-state index in [1.807, 2.05) is 0 Å². The highest BCUT2D eigenvalue weighted by Gasteiger charge is 2.20. The first kappa shape index (κ1) is 15.8. The maximum absolute atomic E-state index is 12.3. The van der Waals surface area contributed by atoms with E-state index in [2.05, 4.69) is 0 Å². The molecule has 0 amide bonds. The van der Waals surface area contributed by atoms with E-state index in [1.54, 1.807) is 43.5 Å². The molecule has 1 unspecified atom stereocenters. The fraction of sp³-hybridized carbons (Fsp3) is 0.200. The van der Waals surface area contributed by atoms with Gasteiger partial charge >= 0.3 is 0 Å². The first-order valence-corrected chi connectivity index (χ1v) is 8.33. The van der Waals surface area contributed by atoms with Gasteiger partial charge in [0.05, 0.1) is 17.8 Å². The van der Waals surface area contributed by atoms with Gasteiger partial charge in [-0.2, -0.15) is 0 Å². The summed E-state index contributed by atoms with van der Waals surface area (Å²) in [5.74, 6) is 0.466. The van der Waals surface area contributed by atoms with Crippen molar-refractivity contribution >= 4 is 21.4 Å². The Morgan fingerprint density at radius 1 is 1.19 bits per heavy atom. The number of rotatable bonds is 5. The quantitative estimate of drug-likeness (QED) is 0.917. The van der Waals surface area contributed by atoms with Crippen LogP contribution < -0.4 is 10.5 Å². The number of methoxy groups -OCH3 is 1. The minimum absolute atomic E-state index is 0.179. The second-order valence-corrected chi connectivity index (χ2v) is 7.09. The zero-order chi connectivity index (χ0) is 15.5. The van der Waals surface area contributed by atoms with Crippen LogP contribution in [0.4, 0.5) is 0 Å². The lowest BCUT2D eigenvalue weighted by Gasteiger charge is -2.13. The standard InChI is InChI=1S/C15H16ClNO3S/c1-20-13-4-2-3-11(9-13)15(17)10-21(18,19)14-7-5-12(16)6-8-14/h2-9,15H,10,17H2,1H3. The van der Waals surface area contributed by atoms with Crippen LogP contribution in [-0.4, -0.2) is 21.3 Å². The van der Waals surface area contributed by atoms with Gasteiger partial charge in [-0.05, 0) is 42.0 Å². The number of hydrogen-bond donors (Lipinski definition) is 1. The number of halogens is 1. The van der Waals surface area contributed by atoms with E-state index in [0.29, 0.717) is 16.3 Å². The second kappa shape index (κ2) is 6.47. The van der Waals surface area contributed by atoms with Crippen molar-refractivity contribution in [2.45, 2.75) is 10.9 Å². The van der Waals surface area contributed by atoms with Gasteiger partial charge in [-0.3, -0.25) is 0 Å². The first-order chi connectivity index (χ1) is 9.92. The minimum atomic E-state index is -3.47. The van der Waals surface area contributed by atoms with E-state index in [1.165, 1.54) is 12.1 Å². The van der Waals surface area contributed by atoms with E-state index in [4.69, 9.17) is 22.1 Å². The molecule has 2 rings (SSSR count). The summed E-state index contributed by atoms with van der Waals surface area (Å²) in [6.45, 7) is 0. The van der Waals surface area contributed by atoms with Gasteiger partial charge < -0.3 is 10.5 Å². The molecule has 1 atom stereocenters. The third kappa shape index (κ3) is 3.97. The molecule has 0 saturated carbocycles. The molecule has 112 valence electrons. The summed E-state index contributed by atoms with van der Waals surface area (Å²) in [5, 5.41) is 0.492. The van der Waals surface area contributed by atoms with E-state index in [9.17, 15) is 8.42 Å². The molecule has 2 aromatic rings. The zero-order valence-electron chi connectivity index (χ0n) is 11.5. The molecule has 0 aliphatic heterocycles. The van der Waals surface area contributed by atoms with E-state index in [-0.39, 0.29) is 10.6 Å². The fourth-order valence-corrected chi connectivity index (χ4v) is 3.48. The van der Waals surface area contributed by atoms with Crippen molar-refractivity contribution in [1.29, 1.82) is 0 Å². The van der Waals surface area contributed by atoms with Gasteiger partial charge in [-0.15, -0.1) is 0 Å². The molecular weight excluding hydrogens is 310 g/mol. The Morgan fingerprint density at radius 2 is 1.86 bits per heavy atom. The molecular formula is C15H16ClNO3S. The minimum Gasteiger partial charge on any atom is -0.497 e. The smallest absolute Gasteiger partial charge is 0.180 e. The maximum Gasteiger partial charge on any atom is 0.180 e. The van der Waals surface area contributed by atoms with Gasteiger partial charge in [0.2, 0.25) is 0 Å². The van der Waals surface area contributed by atoms with E-state index >= 15 is 0 Å². The molecule has 0 spiro atoms. The number of sulfone groups is 1. The monoisotopic (exact) mass is 325 g/mol. The molecule has 0 bridgehead atoms. The molecule has 4 nitrogen and oxygen atoms in total. The molecule has 21 heavy (non-hydrogen) atoms. The van der Waals surface area contributed by atoms with Crippen molar-refractivity contribution in [3.05, 3.63) is 59.1 Å². The van der Waals surface area contributed by atoms with Gasteiger partial charge in [-0.1, -0.05) is 23.7 Å². The molecule has 0 radical (unpaired) electrons. The summed E-state index contributed by atoms with van der Waals surface area (Å²) in [4.78, 5) is 0.213. The SMILES string of the molecule is COc1cccc(C(N)CS(=O)(=O)c2ccc(Cl)cc2)c1. The van der Waals surface area contributed by atoms with Crippen molar-refractivity contribution in [1.82, 2.24) is 0 Å². The van der Waals surface area contributed by atoms with Crippen LogP contribution in [0.3, 0.4) is 0 Å². The Hall–Kier alpha value is -1.56. The Bertz CT molecular complexity index is 714. The van der Waals surface area contributed by atoms with Crippen molar-refractivity contribution in [2.75, 3.05) is 12.9 Å². The lowest BCUT2D eigenvalue weighted by atomic mass is 10.1. The van der Waals surface area contributed by atoms with Gasteiger partial charge in [0, 0.05) is 11.1 Å². The zero-order valence-corrected chi connectivity index (χ0v) is 13.1. The molecule has 0 saturated heterocycles. The first-order valence-electron chi connectivity index (χ1n) is 6.30. The van der Waals surface area contributed by atoms with Crippen LogP contribution in [0.5, 0.6) is 5.75 Å². The van der Waals surface area contributed by atoms with Crippen LogP contribution in [0.1, 0.15) is 11.6 Å². The van der Waals surface area contributed by atoms with Gasteiger partial charge in [0.1, 0.15) is 5.75 Å². The Kier molecular flexibility index (Phi) is 4.88. The summed E-state index contributed by atoms with van der Waals surface area (Å²) in [7, 11) is -1.92. The number of nitrogens with two attached hydrogens (primary N) is 1. The molecule has 0 aliphatic carbocycles. The third-order valence-electron chi connectivity index (χ3n) is 3.09.